The maximum absolute atomic E-state index is 12.6. The minimum atomic E-state index is -1.37. The average Bonchev–Trinajstić information content (AvgIpc) is 2.63. The molecule has 0 saturated carbocycles. The van der Waals surface area contributed by atoms with Crippen molar-refractivity contribution in [3.63, 3.8) is 0 Å². The first-order valence-corrected chi connectivity index (χ1v) is 8.92. The van der Waals surface area contributed by atoms with Crippen LogP contribution in [0.3, 0.4) is 0 Å². The predicted molar refractivity (Wildman–Crippen MR) is 108 cm³/mol. The highest BCUT2D eigenvalue weighted by atomic mass is 35.5. The van der Waals surface area contributed by atoms with Gasteiger partial charge in [0.15, 0.2) is 17.3 Å². The van der Waals surface area contributed by atoms with E-state index in [-0.39, 0.29) is 11.4 Å². The molecule has 2 aromatic rings. The van der Waals surface area contributed by atoms with E-state index in [2.05, 4.69) is 15.5 Å². The second-order valence-electron chi connectivity index (χ2n) is 5.86. The number of aryl methyl sites for hydroxylation is 1. The number of Topliss-reactive ketones (excluding diaryl/α,β-unsaturated/α-hetero) is 1. The summed E-state index contributed by atoms with van der Waals surface area (Å²) in [5.41, 5.74) is 1.52. The van der Waals surface area contributed by atoms with Crippen molar-refractivity contribution in [1.82, 2.24) is 0 Å². The summed E-state index contributed by atoms with van der Waals surface area (Å²) in [4.78, 5) is 24.6. The van der Waals surface area contributed by atoms with Gasteiger partial charge in [0.25, 0.3) is 5.91 Å². The average molecular weight is 424 g/mol. The van der Waals surface area contributed by atoms with Gasteiger partial charge in [-0.2, -0.15) is 10.2 Å². The maximum atomic E-state index is 12.6. The lowest BCUT2D eigenvalue weighted by Gasteiger charge is -2.15. The van der Waals surface area contributed by atoms with Crippen LogP contribution in [0.5, 0.6) is 11.5 Å². The molecule has 0 aromatic heterocycles. The molecule has 0 saturated heterocycles. The fourth-order valence-electron chi connectivity index (χ4n) is 2.36. The van der Waals surface area contributed by atoms with Crippen LogP contribution in [0.2, 0.25) is 10.0 Å². The molecule has 0 aliphatic carbocycles. The molecule has 1 atom stereocenters. The van der Waals surface area contributed by atoms with E-state index in [1.165, 1.54) is 33.3 Å². The van der Waals surface area contributed by atoms with Gasteiger partial charge in [0, 0.05) is 11.1 Å². The molecule has 0 radical (unpaired) electrons. The number of methoxy groups -OCH3 is 2. The molecule has 0 aliphatic heterocycles. The molecule has 2 rings (SSSR count). The summed E-state index contributed by atoms with van der Waals surface area (Å²) in [7, 11) is 2.86. The Morgan fingerprint density at radius 1 is 1.11 bits per heavy atom. The van der Waals surface area contributed by atoms with Crippen molar-refractivity contribution in [2.45, 2.75) is 19.9 Å². The standard InChI is InChI=1S/C19H19Cl2N3O4/c1-10-5-6-13(21)14(7-10)23-24-17(11(2)25)19(26)22-15-8-12(20)9-16(27-3)18(15)28-4/h5-9,17H,1-4H3,(H,22,26). The third kappa shape index (κ3) is 5.21. The zero-order valence-electron chi connectivity index (χ0n) is 15.7. The minimum Gasteiger partial charge on any atom is -0.493 e. The van der Waals surface area contributed by atoms with Crippen LogP contribution in [-0.4, -0.2) is 32.0 Å². The van der Waals surface area contributed by atoms with Crippen molar-refractivity contribution >= 4 is 46.3 Å². The highest BCUT2D eigenvalue weighted by molar-refractivity contribution is 6.33. The van der Waals surface area contributed by atoms with E-state index in [9.17, 15) is 9.59 Å². The molecule has 0 heterocycles. The Labute approximate surface area is 172 Å². The van der Waals surface area contributed by atoms with E-state index in [0.29, 0.717) is 21.5 Å². The molecular weight excluding hydrogens is 405 g/mol. The zero-order valence-corrected chi connectivity index (χ0v) is 17.3. The van der Waals surface area contributed by atoms with Gasteiger partial charge in [-0.1, -0.05) is 29.3 Å². The van der Waals surface area contributed by atoms with E-state index < -0.39 is 17.7 Å². The van der Waals surface area contributed by atoms with Crippen molar-refractivity contribution in [2.75, 3.05) is 19.5 Å². The number of hydrogen-bond donors (Lipinski definition) is 1. The lowest BCUT2D eigenvalue weighted by Crippen LogP contribution is -2.32. The smallest absolute Gasteiger partial charge is 0.258 e. The number of ketones is 1. The largest absolute Gasteiger partial charge is 0.493 e. The Morgan fingerprint density at radius 3 is 2.43 bits per heavy atom. The minimum absolute atomic E-state index is 0.242. The van der Waals surface area contributed by atoms with Crippen molar-refractivity contribution in [2.24, 2.45) is 10.2 Å². The van der Waals surface area contributed by atoms with Gasteiger partial charge in [0.2, 0.25) is 6.04 Å². The molecule has 1 unspecified atom stereocenters. The summed E-state index contributed by atoms with van der Waals surface area (Å²) in [5.74, 6) is -0.584. The number of amides is 1. The van der Waals surface area contributed by atoms with Crippen molar-refractivity contribution in [3.05, 3.63) is 45.9 Å². The number of nitrogens with one attached hydrogen (secondary N) is 1. The molecular formula is C19H19Cl2N3O4. The second kappa shape index (κ2) is 9.52. The summed E-state index contributed by atoms with van der Waals surface area (Å²) in [5, 5.41) is 11.1. The SMILES string of the molecule is COc1cc(Cl)cc(NC(=O)C(N=Nc2cc(C)ccc2Cl)C(C)=O)c1OC. The lowest BCUT2D eigenvalue weighted by molar-refractivity contribution is -0.126. The predicted octanol–water partition coefficient (Wildman–Crippen LogP) is 5.00. The van der Waals surface area contributed by atoms with Crippen LogP contribution in [0.25, 0.3) is 0 Å². The van der Waals surface area contributed by atoms with Gasteiger partial charge in [-0.25, -0.2) is 0 Å². The summed E-state index contributed by atoms with van der Waals surface area (Å²) >= 11 is 12.1. The molecule has 9 heteroatoms. The van der Waals surface area contributed by atoms with Crippen LogP contribution < -0.4 is 14.8 Å². The number of nitrogens with zero attached hydrogens (tertiary/aromatic N) is 2. The number of halogens is 2. The number of carbonyl (C=O) groups is 2. The monoisotopic (exact) mass is 423 g/mol. The fraction of sp³-hybridized carbons (Fsp3) is 0.263. The number of anilines is 1. The number of rotatable bonds is 7. The van der Waals surface area contributed by atoms with Gasteiger partial charge < -0.3 is 14.8 Å². The highest BCUT2D eigenvalue weighted by Crippen LogP contribution is 2.38. The molecule has 1 N–H and O–H groups in total. The zero-order chi connectivity index (χ0) is 20.8. The number of benzene rings is 2. The Kier molecular flexibility index (Phi) is 7.37. The number of hydrogen-bond acceptors (Lipinski definition) is 6. The summed E-state index contributed by atoms with van der Waals surface area (Å²) in [6.45, 7) is 3.11. The maximum Gasteiger partial charge on any atom is 0.258 e. The number of azo groups is 1. The van der Waals surface area contributed by atoms with Crippen LogP contribution in [-0.2, 0) is 9.59 Å². The first-order chi connectivity index (χ1) is 13.3. The molecule has 0 aliphatic rings. The van der Waals surface area contributed by atoms with Crippen LogP contribution >= 0.6 is 23.2 Å². The quantitative estimate of drug-likeness (QED) is 0.501. The molecule has 28 heavy (non-hydrogen) atoms. The number of ether oxygens (including phenoxy) is 2. The van der Waals surface area contributed by atoms with E-state index in [1.54, 1.807) is 12.1 Å². The first-order valence-electron chi connectivity index (χ1n) is 8.16. The third-order valence-electron chi connectivity index (χ3n) is 3.72. The Bertz CT molecular complexity index is 932. The Morgan fingerprint density at radius 2 is 1.82 bits per heavy atom. The molecule has 148 valence electrons. The van der Waals surface area contributed by atoms with E-state index >= 15 is 0 Å². The third-order valence-corrected chi connectivity index (χ3v) is 4.26. The van der Waals surface area contributed by atoms with E-state index in [1.807, 2.05) is 13.0 Å². The van der Waals surface area contributed by atoms with Crippen LogP contribution in [0.4, 0.5) is 11.4 Å². The Hall–Kier alpha value is -2.64. The molecule has 0 spiro atoms. The van der Waals surface area contributed by atoms with Crippen LogP contribution in [0.1, 0.15) is 12.5 Å². The molecule has 0 fully saturated rings. The summed E-state index contributed by atoms with van der Waals surface area (Å²) in [6.07, 6.45) is 0. The topological polar surface area (TPSA) is 89.4 Å². The summed E-state index contributed by atoms with van der Waals surface area (Å²) in [6, 6.07) is 6.83. The van der Waals surface area contributed by atoms with Crippen LogP contribution in [0.15, 0.2) is 40.6 Å². The second-order valence-corrected chi connectivity index (χ2v) is 6.71. The van der Waals surface area contributed by atoms with Crippen LogP contribution in [0, 0.1) is 6.92 Å². The summed E-state index contributed by atoms with van der Waals surface area (Å²) < 4.78 is 10.5. The van der Waals surface area contributed by atoms with Gasteiger partial charge >= 0.3 is 0 Å². The lowest BCUT2D eigenvalue weighted by atomic mass is 10.2. The molecule has 7 nitrogen and oxygen atoms in total. The van der Waals surface area contributed by atoms with Gasteiger partial charge in [-0.3, -0.25) is 9.59 Å². The van der Waals surface area contributed by atoms with Gasteiger partial charge in [0.05, 0.1) is 24.9 Å². The van der Waals surface area contributed by atoms with Crippen molar-refractivity contribution in [3.8, 4) is 11.5 Å². The first kappa shape index (κ1) is 21.7. The van der Waals surface area contributed by atoms with E-state index in [4.69, 9.17) is 32.7 Å². The number of carbonyl (C=O) groups excluding carboxylic acids is 2. The molecule has 2 aromatic carbocycles. The molecule has 0 bridgehead atoms. The normalized spacial score (nSPS) is 11.9. The van der Waals surface area contributed by atoms with Gasteiger partial charge in [-0.05, 0) is 37.6 Å². The van der Waals surface area contributed by atoms with Gasteiger partial charge in [0.1, 0.15) is 5.69 Å². The fourth-order valence-corrected chi connectivity index (χ4v) is 2.73. The van der Waals surface area contributed by atoms with Crippen molar-refractivity contribution < 1.29 is 19.1 Å². The highest BCUT2D eigenvalue weighted by Gasteiger charge is 2.25. The van der Waals surface area contributed by atoms with Gasteiger partial charge in [-0.15, -0.1) is 0 Å². The molecule has 1 amide bonds. The Balaban J connectivity index is 2.32. The van der Waals surface area contributed by atoms with Crippen molar-refractivity contribution in [1.29, 1.82) is 0 Å². The van der Waals surface area contributed by atoms with E-state index in [0.717, 1.165) is 5.56 Å².